The molecule has 7 nitrogen and oxygen atoms in total. The van der Waals surface area contributed by atoms with Gasteiger partial charge in [0.05, 0.1) is 6.04 Å². The molecule has 0 fully saturated rings. The molecule has 3 unspecified atom stereocenters. The number of amides is 1. The molecule has 170 valence electrons. The molecule has 0 saturated heterocycles. The number of hydrogen-bond donors (Lipinski definition) is 3. The maximum Gasteiger partial charge on any atom is 0.326 e. The van der Waals surface area contributed by atoms with Crippen molar-refractivity contribution in [3.63, 3.8) is 0 Å². The van der Waals surface area contributed by atoms with Gasteiger partial charge in [0.25, 0.3) is 0 Å². The van der Waals surface area contributed by atoms with E-state index in [0.717, 1.165) is 27.8 Å². The Hall–Kier alpha value is -3.19. The van der Waals surface area contributed by atoms with E-state index in [1.54, 1.807) is 6.92 Å². The summed E-state index contributed by atoms with van der Waals surface area (Å²) in [5.41, 5.74) is 5.07. The van der Waals surface area contributed by atoms with Gasteiger partial charge in [-0.3, -0.25) is 14.9 Å². The number of benzene rings is 2. The van der Waals surface area contributed by atoms with Crippen molar-refractivity contribution in [2.45, 2.75) is 64.7 Å². The molecule has 0 saturated carbocycles. The molecule has 3 atom stereocenters. The normalized spacial score (nSPS) is 17.3. The van der Waals surface area contributed by atoms with E-state index in [1.165, 1.54) is 4.90 Å². The Morgan fingerprint density at radius 1 is 1.06 bits per heavy atom. The summed E-state index contributed by atoms with van der Waals surface area (Å²) in [6.45, 7) is 5.76. The van der Waals surface area contributed by atoms with E-state index in [1.807, 2.05) is 56.3 Å². The van der Waals surface area contributed by atoms with Gasteiger partial charge in [0.15, 0.2) is 0 Å². The minimum Gasteiger partial charge on any atom is -0.480 e. The van der Waals surface area contributed by atoms with Crippen LogP contribution in [-0.4, -0.2) is 51.1 Å². The first-order valence-corrected chi connectivity index (χ1v) is 10.8. The number of rotatable bonds is 8. The molecule has 32 heavy (non-hydrogen) atoms. The number of nitrogens with one attached hydrogen (secondary N) is 1. The summed E-state index contributed by atoms with van der Waals surface area (Å²) in [7, 11) is 0. The maximum atomic E-state index is 13.2. The second-order valence-corrected chi connectivity index (χ2v) is 8.53. The van der Waals surface area contributed by atoms with Gasteiger partial charge in [0.2, 0.25) is 5.91 Å². The first-order chi connectivity index (χ1) is 15.2. The molecule has 3 rings (SSSR count). The number of aryl methyl sites for hydroxylation is 3. The van der Waals surface area contributed by atoms with E-state index in [2.05, 4.69) is 5.32 Å². The van der Waals surface area contributed by atoms with Gasteiger partial charge in [0, 0.05) is 13.0 Å². The highest BCUT2D eigenvalue weighted by atomic mass is 16.4. The zero-order valence-corrected chi connectivity index (χ0v) is 18.7. The molecule has 1 heterocycles. The van der Waals surface area contributed by atoms with Crippen molar-refractivity contribution in [3.05, 3.63) is 70.3 Å². The fourth-order valence-corrected chi connectivity index (χ4v) is 4.19. The van der Waals surface area contributed by atoms with Crippen LogP contribution in [0.5, 0.6) is 0 Å². The quantitative estimate of drug-likeness (QED) is 0.585. The lowest BCUT2D eigenvalue weighted by Gasteiger charge is -2.37. The van der Waals surface area contributed by atoms with Gasteiger partial charge < -0.3 is 15.1 Å². The van der Waals surface area contributed by atoms with E-state index in [4.69, 9.17) is 0 Å². The van der Waals surface area contributed by atoms with Crippen LogP contribution in [0.25, 0.3) is 0 Å². The number of fused-ring (bicyclic) bond motifs is 1. The molecule has 2 aromatic rings. The summed E-state index contributed by atoms with van der Waals surface area (Å²) in [6.07, 6.45) is 1.11. The van der Waals surface area contributed by atoms with Crippen molar-refractivity contribution in [1.29, 1.82) is 0 Å². The highest BCUT2D eigenvalue weighted by molar-refractivity contribution is 5.88. The highest BCUT2D eigenvalue weighted by Gasteiger charge is 2.37. The van der Waals surface area contributed by atoms with Crippen molar-refractivity contribution >= 4 is 17.8 Å². The largest absolute Gasteiger partial charge is 0.480 e. The Balaban J connectivity index is 1.73. The second-order valence-electron chi connectivity index (χ2n) is 8.53. The molecule has 0 radical (unpaired) electrons. The fourth-order valence-electron chi connectivity index (χ4n) is 4.19. The number of carboxylic acids is 2. The zero-order valence-electron chi connectivity index (χ0n) is 18.7. The molecule has 3 N–H and O–H groups in total. The Bertz CT molecular complexity index is 1000. The predicted molar refractivity (Wildman–Crippen MR) is 120 cm³/mol. The lowest BCUT2D eigenvalue weighted by Crippen LogP contribution is -2.56. The Morgan fingerprint density at radius 3 is 2.28 bits per heavy atom. The van der Waals surface area contributed by atoms with Crippen molar-refractivity contribution in [2.24, 2.45) is 0 Å². The first kappa shape index (κ1) is 23.5. The van der Waals surface area contributed by atoms with Gasteiger partial charge >= 0.3 is 11.9 Å². The topological polar surface area (TPSA) is 107 Å². The van der Waals surface area contributed by atoms with Crippen molar-refractivity contribution in [2.75, 3.05) is 0 Å². The highest BCUT2D eigenvalue weighted by Crippen LogP contribution is 2.27. The number of nitrogens with zero attached hydrogens (tertiary/aromatic N) is 1. The van der Waals surface area contributed by atoms with E-state index in [9.17, 15) is 24.6 Å². The van der Waals surface area contributed by atoms with Crippen LogP contribution in [0.3, 0.4) is 0 Å². The molecule has 0 aromatic heterocycles. The smallest absolute Gasteiger partial charge is 0.326 e. The number of carbonyl (C=O) groups excluding carboxylic acids is 1. The maximum absolute atomic E-state index is 13.2. The number of hydrogen-bond acceptors (Lipinski definition) is 4. The fraction of sp³-hybridized carbons (Fsp3) is 0.400. The van der Waals surface area contributed by atoms with Crippen molar-refractivity contribution in [3.8, 4) is 0 Å². The van der Waals surface area contributed by atoms with Crippen LogP contribution in [0.15, 0.2) is 42.5 Å². The average Bonchev–Trinajstić information content (AvgIpc) is 2.76. The minimum atomic E-state index is -1.06. The van der Waals surface area contributed by atoms with Crippen LogP contribution in [0.2, 0.25) is 0 Å². The number of carbonyl (C=O) groups is 3. The summed E-state index contributed by atoms with van der Waals surface area (Å²) in [4.78, 5) is 38.3. The predicted octanol–water partition coefficient (Wildman–Crippen LogP) is 2.71. The van der Waals surface area contributed by atoms with E-state index >= 15 is 0 Å². The van der Waals surface area contributed by atoms with Gasteiger partial charge in [-0.25, -0.2) is 4.79 Å². The van der Waals surface area contributed by atoms with Crippen LogP contribution < -0.4 is 5.32 Å². The molecular weight excluding hydrogens is 408 g/mol. The average molecular weight is 439 g/mol. The summed E-state index contributed by atoms with van der Waals surface area (Å²) < 4.78 is 0. The van der Waals surface area contributed by atoms with Crippen molar-refractivity contribution < 1.29 is 24.6 Å². The summed E-state index contributed by atoms with van der Waals surface area (Å²) in [5.74, 6) is -2.51. The summed E-state index contributed by atoms with van der Waals surface area (Å²) in [5, 5.41) is 22.3. The third-order valence-electron chi connectivity index (χ3n) is 6.20. The molecule has 1 aliphatic heterocycles. The Kier molecular flexibility index (Phi) is 7.30. The molecular formula is C25H30N2O5. The standard InChI is InChI=1S/C25H30N2O5/c1-15-11-19-13-22(25(31)32)27(14-20(19)12-16(15)2)23(28)17(3)26-21(24(29)30)10-9-18-7-5-4-6-8-18/h4-8,11-12,17,21-22,26H,9-10,13-14H2,1-3H3,(H,29,30)(H,31,32). The van der Waals surface area contributed by atoms with E-state index in [0.29, 0.717) is 12.8 Å². The van der Waals surface area contributed by atoms with E-state index in [-0.39, 0.29) is 13.0 Å². The SMILES string of the molecule is Cc1cc2c(cc1C)CN(C(=O)C(C)NC(CCc1ccccc1)C(=O)O)C(C(=O)O)C2. The molecule has 1 aliphatic rings. The molecule has 0 spiro atoms. The first-order valence-electron chi connectivity index (χ1n) is 10.8. The monoisotopic (exact) mass is 438 g/mol. The lowest BCUT2D eigenvalue weighted by atomic mass is 9.90. The van der Waals surface area contributed by atoms with Crippen LogP contribution in [-0.2, 0) is 33.8 Å². The van der Waals surface area contributed by atoms with Gasteiger partial charge in [-0.2, -0.15) is 0 Å². The van der Waals surface area contributed by atoms with Crippen LogP contribution >= 0.6 is 0 Å². The van der Waals surface area contributed by atoms with Crippen LogP contribution in [0.4, 0.5) is 0 Å². The minimum absolute atomic E-state index is 0.194. The number of carboxylic acid groups (broad SMARTS) is 2. The van der Waals surface area contributed by atoms with E-state index < -0.39 is 36.0 Å². The van der Waals surface area contributed by atoms with Crippen LogP contribution in [0.1, 0.15) is 41.2 Å². The molecule has 7 heteroatoms. The Labute approximate surface area is 188 Å². The second kappa shape index (κ2) is 9.96. The molecule has 1 amide bonds. The van der Waals surface area contributed by atoms with Crippen LogP contribution in [0, 0.1) is 13.8 Å². The lowest BCUT2D eigenvalue weighted by molar-refractivity contribution is -0.152. The Morgan fingerprint density at radius 2 is 1.69 bits per heavy atom. The molecule has 0 bridgehead atoms. The summed E-state index contributed by atoms with van der Waals surface area (Å²) >= 11 is 0. The molecule has 2 aromatic carbocycles. The van der Waals surface area contributed by atoms with Gasteiger partial charge in [-0.15, -0.1) is 0 Å². The van der Waals surface area contributed by atoms with Gasteiger partial charge in [0.1, 0.15) is 12.1 Å². The third-order valence-corrected chi connectivity index (χ3v) is 6.20. The summed E-state index contributed by atoms with van der Waals surface area (Å²) in [6, 6.07) is 10.8. The van der Waals surface area contributed by atoms with Gasteiger partial charge in [-0.05, 0) is 61.4 Å². The third kappa shape index (κ3) is 5.34. The number of aliphatic carboxylic acids is 2. The van der Waals surface area contributed by atoms with Gasteiger partial charge in [-0.1, -0.05) is 42.5 Å². The molecule has 0 aliphatic carbocycles. The van der Waals surface area contributed by atoms with Crippen molar-refractivity contribution in [1.82, 2.24) is 10.2 Å². The zero-order chi connectivity index (χ0) is 23.4.